The second-order valence-corrected chi connectivity index (χ2v) is 6.01. The van der Waals surface area contributed by atoms with E-state index in [0.717, 1.165) is 36.0 Å². The van der Waals surface area contributed by atoms with Gasteiger partial charge in [-0.2, -0.15) is 0 Å². The predicted molar refractivity (Wildman–Crippen MR) is 76.5 cm³/mol. The molecule has 0 aromatic heterocycles. The minimum absolute atomic E-state index is 0.314. The summed E-state index contributed by atoms with van der Waals surface area (Å²) in [7, 11) is 1.69. The van der Waals surface area contributed by atoms with Crippen LogP contribution in [0, 0.1) is 5.41 Å². The number of methoxy groups -OCH3 is 1. The lowest BCUT2D eigenvalue weighted by molar-refractivity contribution is 0.313. The summed E-state index contributed by atoms with van der Waals surface area (Å²) >= 11 is 3.59. The molecule has 1 rings (SSSR count). The third-order valence-electron chi connectivity index (χ3n) is 3.15. The standard InChI is InChI=1S/C14H22BrNO/c1-14(2,8-9-16)7-6-11-4-5-12(17-3)10-13(11)15/h4-5,10H,6-9,16H2,1-3H3. The summed E-state index contributed by atoms with van der Waals surface area (Å²) in [6.45, 7) is 5.31. The van der Waals surface area contributed by atoms with Crippen molar-refractivity contribution >= 4 is 15.9 Å². The Morgan fingerprint density at radius 1 is 1.29 bits per heavy atom. The molecule has 0 spiro atoms. The van der Waals surface area contributed by atoms with Gasteiger partial charge in [0.05, 0.1) is 7.11 Å². The van der Waals surface area contributed by atoms with Gasteiger partial charge in [-0.05, 0) is 48.9 Å². The highest BCUT2D eigenvalue weighted by atomic mass is 79.9. The Bertz CT molecular complexity index is 363. The first-order chi connectivity index (χ1) is 7.98. The van der Waals surface area contributed by atoms with Crippen LogP contribution < -0.4 is 10.5 Å². The van der Waals surface area contributed by atoms with Gasteiger partial charge in [-0.3, -0.25) is 0 Å². The Morgan fingerprint density at radius 2 is 2.00 bits per heavy atom. The highest BCUT2D eigenvalue weighted by Crippen LogP contribution is 2.30. The minimum atomic E-state index is 0.314. The first kappa shape index (κ1) is 14.5. The van der Waals surface area contributed by atoms with E-state index in [1.54, 1.807) is 7.11 Å². The second kappa shape index (κ2) is 6.41. The zero-order chi connectivity index (χ0) is 12.9. The number of aryl methyl sites for hydroxylation is 1. The fourth-order valence-electron chi connectivity index (χ4n) is 1.85. The number of hydrogen-bond acceptors (Lipinski definition) is 2. The van der Waals surface area contributed by atoms with Crippen molar-refractivity contribution in [2.75, 3.05) is 13.7 Å². The maximum Gasteiger partial charge on any atom is 0.120 e. The van der Waals surface area contributed by atoms with Gasteiger partial charge in [0.15, 0.2) is 0 Å². The maximum atomic E-state index is 5.63. The van der Waals surface area contributed by atoms with Crippen LogP contribution in [0.3, 0.4) is 0 Å². The third-order valence-corrected chi connectivity index (χ3v) is 3.89. The average molecular weight is 300 g/mol. The lowest BCUT2D eigenvalue weighted by Crippen LogP contribution is -2.17. The molecule has 3 heteroatoms. The number of hydrogen-bond donors (Lipinski definition) is 1. The molecule has 1 aromatic rings. The molecule has 1 aromatic carbocycles. The summed E-state index contributed by atoms with van der Waals surface area (Å²) < 4.78 is 6.31. The van der Waals surface area contributed by atoms with E-state index in [9.17, 15) is 0 Å². The Balaban J connectivity index is 2.63. The van der Waals surface area contributed by atoms with E-state index in [0.29, 0.717) is 5.41 Å². The van der Waals surface area contributed by atoms with Crippen molar-refractivity contribution in [3.8, 4) is 5.75 Å². The molecule has 2 N–H and O–H groups in total. The van der Waals surface area contributed by atoms with Crippen LogP contribution >= 0.6 is 15.9 Å². The summed E-state index contributed by atoms with van der Waals surface area (Å²) in [4.78, 5) is 0. The summed E-state index contributed by atoms with van der Waals surface area (Å²) in [6.07, 6.45) is 3.29. The normalized spacial score (nSPS) is 11.6. The van der Waals surface area contributed by atoms with Crippen molar-refractivity contribution in [3.05, 3.63) is 28.2 Å². The van der Waals surface area contributed by atoms with Gasteiger partial charge in [-0.25, -0.2) is 0 Å². The molecule has 0 radical (unpaired) electrons. The molecule has 0 saturated heterocycles. The molecule has 0 heterocycles. The number of nitrogens with two attached hydrogens (primary N) is 1. The van der Waals surface area contributed by atoms with Crippen LogP contribution in [0.1, 0.15) is 32.3 Å². The third kappa shape index (κ3) is 4.68. The van der Waals surface area contributed by atoms with E-state index in [4.69, 9.17) is 10.5 Å². The summed E-state index contributed by atoms with van der Waals surface area (Å²) in [6, 6.07) is 6.16. The highest BCUT2D eigenvalue weighted by Gasteiger charge is 2.17. The van der Waals surface area contributed by atoms with Crippen LogP contribution in [-0.4, -0.2) is 13.7 Å². The topological polar surface area (TPSA) is 35.2 Å². The molecule has 17 heavy (non-hydrogen) atoms. The van der Waals surface area contributed by atoms with Crippen LogP contribution in [0.5, 0.6) is 5.75 Å². The van der Waals surface area contributed by atoms with Crippen molar-refractivity contribution in [2.24, 2.45) is 11.1 Å². The van der Waals surface area contributed by atoms with Crippen molar-refractivity contribution in [3.63, 3.8) is 0 Å². The zero-order valence-corrected chi connectivity index (χ0v) is 12.5. The molecular weight excluding hydrogens is 278 g/mol. The van der Waals surface area contributed by atoms with E-state index in [1.807, 2.05) is 12.1 Å². The fraction of sp³-hybridized carbons (Fsp3) is 0.571. The molecule has 0 fully saturated rings. The Morgan fingerprint density at radius 3 is 2.53 bits per heavy atom. The van der Waals surface area contributed by atoms with Crippen LogP contribution in [-0.2, 0) is 6.42 Å². The molecule has 0 saturated carbocycles. The number of ether oxygens (including phenoxy) is 1. The van der Waals surface area contributed by atoms with Crippen LogP contribution in [0.2, 0.25) is 0 Å². The van der Waals surface area contributed by atoms with E-state index < -0.39 is 0 Å². The molecule has 0 atom stereocenters. The monoisotopic (exact) mass is 299 g/mol. The Kier molecular flexibility index (Phi) is 5.47. The summed E-state index contributed by atoms with van der Waals surface area (Å²) in [5, 5.41) is 0. The predicted octanol–water partition coefficient (Wildman–Crippen LogP) is 3.77. The molecule has 0 unspecified atom stereocenters. The molecular formula is C14H22BrNO. The number of rotatable bonds is 6. The zero-order valence-electron chi connectivity index (χ0n) is 10.9. The van der Waals surface area contributed by atoms with E-state index >= 15 is 0 Å². The lowest BCUT2D eigenvalue weighted by atomic mass is 9.83. The molecule has 0 aliphatic rings. The van der Waals surface area contributed by atoms with Crippen LogP contribution in [0.4, 0.5) is 0 Å². The SMILES string of the molecule is COc1ccc(CCC(C)(C)CCN)c(Br)c1. The van der Waals surface area contributed by atoms with Crippen molar-refractivity contribution in [1.82, 2.24) is 0 Å². The first-order valence-electron chi connectivity index (χ1n) is 6.01. The largest absolute Gasteiger partial charge is 0.497 e. The van der Waals surface area contributed by atoms with Crippen molar-refractivity contribution in [2.45, 2.75) is 33.1 Å². The van der Waals surface area contributed by atoms with Gasteiger partial charge in [-0.15, -0.1) is 0 Å². The van der Waals surface area contributed by atoms with Gasteiger partial charge in [0.1, 0.15) is 5.75 Å². The van der Waals surface area contributed by atoms with Gasteiger partial charge >= 0.3 is 0 Å². The lowest BCUT2D eigenvalue weighted by Gasteiger charge is -2.24. The Labute approximate surface area is 113 Å². The molecule has 0 amide bonds. The molecule has 0 bridgehead atoms. The molecule has 0 aliphatic carbocycles. The quantitative estimate of drug-likeness (QED) is 0.868. The average Bonchev–Trinajstić information content (AvgIpc) is 2.27. The van der Waals surface area contributed by atoms with Gasteiger partial charge in [0.25, 0.3) is 0 Å². The van der Waals surface area contributed by atoms with Crippen molar-refractivity contribution < 1.29 is 4.74 Å². The van der Waals surface area contributed by atoms with Gasteiger partial charge < -0.3 is 10.5 Å². The Hall–Kier alpha value is -0.540. The highest BCUT2D eigenvalue weighted by molar-refractivity contribution is 9.10. The summed E-state index contributed by atoms with van der Waals surface area (Å²) in [5.74, 6) is 0.891. The second-order valence-electron chi connectivity index (χ2n) is 5.16. The fourth-order valence-corrected chi connectivity index (χ4v) is 2.40. The smallest absolute Gasteiger partial charge is 0.120 e. The number of benzene rings is 1. The van der Waals surface area contributed by atoms with Crippen molar-refractivity contribution in [1.29, 1.82) is 0 Å². The van der Waals surface area contributed by atoms with E-state index in [1.165, 1.54) is 5.56 Å². The number of halogens is 1. The first-order valence-corrected chi connectivity index (χ1v) is 6.80. The molecule has 0 aliphatic heterocycles. The van der Waals surface area contributed by atoms with Crippen LogP contribution in [0.15, 0.2) is 22.7 Å². The van der Waals surface area contributed by atoms with E-state index in [2.05, 4.69) is 35.8 Å². The van der Waals surface area contributed by atoms with Gasteiger partial charge in [0, 0.05) is 4.47 Å². The summed E-state index contributed by atoms with van der Waals surface area (Å²) in [5.41, 5.74) is 7.27. The molecule has 2 nitrogen and oxygen atoms in total. The van der Waals surface area contributed by atoms with Gasteiger partial charge in [-0.1, -0.05) is 35.8 Å². The minimum Gasteiger partial charge on any atom is -0.497 e. The maximum absolute atomic E-state index is 5.63. The van der Waals surface area contributed by atoms with Crippen LogP contribution in [0.25, 0.3) is 0 Å². The van der Waals surface area contributed by atoms with Gasteiger partial charge in [0.2, 0.25) is 0 Å². The molecule has 96 valence electrons. The van der Waals surface area contributed by atoms with E-state index in [-0.39, 0.29) is 0 Å².